The Balaban J connectivity index is 2.21. The number of nitrogens with zero attached hydrogens (tertiary/aromatic N) is 1. The molecule has 30 heavy (non-hydrogen) atoms. The third-order valence-corrected chi connectivity index (χ3v) is 4.36. The summed E-state index contributed by atoms with van der Waals surface area (Å²) in [5, 5.41) is 13.8. The highest BCUT2D eigenvalue weighted by molar-refractivity contribution is 6.00. The fourth-order valence-corrected chi connectivity index (χ4v) is 2.95. The molecule has 9 heteroatoms. The van der Waals surface area contributed by atoms with E-state index < -0.39 is 34.6 Å². The van der Waals surface area contributed by atoms with Gasteiger partial charge in [-0.1, -0.05) is 17.7 Å². The Labute approximate surface area is 173 Å². The number of nitrogens with one attached hydrogen (secondary N) is 1. The largest absolute Gasteiger partial charge is 0.465 e. The van der Waals surface area contributed by atoms with Crippen molar-refractivity contribution in [3.05, 3.63) is 68.3 Å². The van der Waals surface area contributed by atoms with Crippen molar-refractivity contribution in [2.75, 3.05) is 12.4 Å². The number of aryl methyl sites for hydroxylation is 3. The molecule has 0 aliphatic carbocycles. The fraction of sp³-hybridized carbons (Fsp3) is 0.286. The third-order valence-electron chi connectivity index (χ3n) is 4.36. The first-order valence-electron chi connectivity index (χ1n) is 9.01. The zero-order valence-corrected chi connectivity index (χ0v) is 17.3. The molecule has 0 aliphatic heterocycles. The zero-order chi connectivity index (χ0) is 22.6. The molecular formula is C21H22N2O7. The Morgan fingerprint density at radius 2 is 1.50 bits per heavy atom. The van der Waals surface area contributed by atoms with Crippen molar-refractivity contribution in [1.82, 2.24) is 0 Å². The quantitative estimate of drug-likeness (QED) is 0.436. The lowest BCUT2D eigenvalue weighted by molar-refractivity contribution is -0.384. The van der Waals surface area contributed by atoms with E-state index in [2.05, 4.69) is 10.1 Å². The van der Waals surface area contributed by atoms with Crippen LogP contribution in [-0.2, 0) is 14.3 Å². The van der Waals surface area contributed by atoms with Crippen molar-refractivity contribution in [2.45, 2.75) is 33.8 Å². The first-order valence-corrected chi connectivity index (χ1v) is 9.01. The molecule has 0 radical (unpaired) electrons. The molecule has 9 nitrogen and oxygen atoms in total. The minimum absolute atomic E-state index is 0.179. The highest BCUT2D eigenvalue weighted by atomic mass is 16.6. The predicted octanol–water partition coefficient (Wildman–Crippen LogP) is 3.49. The molecular weight excluding hydrogens is 392 g/mol. The molecule has 0 bridgehead atoms. The number of esters is 2. The Kier molecular flexibility index (Phi) is 6.89. The second kappa shape index (κ2) is 9.17. The number of hydrogen-bond acceptors (Lipinski definition) is 7. The third kappa shape index (κ3) is 5.19. The fourth-order valence-electron chi connectivity index (χ4n) is 2.95. The van der Waals surface area contributed by atoms with Gasteiger partial charge in [-0.15, -0.1) is 0 Å². The molecule has 158 valence electrons. The number of nitro benzene ring substituents is 1. The van der Waals surface area contributed by atoms with Crippen LogP contribution < -0.4 is 5.32 Å². The van der Waals surface area contributed by atoms with E-state index in [4.69, 9.17) is 4.74 Å². The van der Waals surface area contributed by atoms with E-state index >= 15 is 0 Å². The van der Waals surface area contributed by atoms with Crippen LogP contribution in [0.3, 0.4) is 0 Å². The van der Waals surface area contributed by atoms with Crippen LogP contribution in [0, 0.1) is 30.9 Å². The van der Waals surface area contributed by atoms with Gasteiger partial charge in [0.05, 0.1) is 23.2 Å². The molecule has 0 saturated carbocycles. The number of amides is 1. The lowest BCUT2D eigenvalue weighted by atomic mass is 10.0. The lowest BCUT2D eigenvalue weighted by Gasteiger charge is -2.17. The number of methoxy groups -OCH3 is 1. The molecule has 2 rings (SSSR count). The minimum atomic E-state index is -1.18. The van der Waals surface area contributed by atoms with Gasteiger partial charge in [0.1, 0.15) is 0 Å². The van der Waals surface area contributed by atoms with Gasteiger partial charge in [0.15, 0.2) is 6.10 Å². The number of hydrogen-bond donors (Lipinski definition) is 1. The molecule has 1 atom stereocenters. The van der Waals surface area contributed by atoms with Gasteiger partial charge in [-0.25, -0.2) is 9.59 Å². The molecule has 1 N–H and O–H groups in total. The first kappa shape index (κ1) is 22.5. The molecule has 2 aromatic rings. The Bertz CT molecular complexity index is 1010. The van der Waals surface area contributed by atoms with Crippen molar-refractivity contribution in [3.8, 4) is 0 Å². The van der Waals surface area contributed by atoms with E-state index in [9.17, 15) is 24.5 Å². The number of carbonyl (C=O) groups excluding carboxylic acids is 3. The number of ether oxygens (including phenoxy) is 2. The summed E-state index contributed by atoms with van der Waals surface area (Å²) in [6.07, 6.45) is -1.18. The van der Waals surface area contributed by atoms with Crippen LogP contribution in [0.15, 0.2) is 30.3 Å². The summed E-state index contributed by atoms with van der Waals surface area (Å²) >= 11 is 0. The normalized spacial score (nSPS) is 11.4. The maximum atomic E-state index is 12.5. The van der Waals surface area contributed by atoms with Gasteiger partial charge in [-0.05, 0) is 44.9 Å². The van der Waals surface area contributed by atoms with Crippen LogP contribution in [0.1, 0.15) is 44.3 Å². The standard InChI is InChI=1S/C21H22N2O7/c1-11-6-12(2)18(13(3)7-11)22-19(24)14(4)30-21(26)16-8-15(20(25)29-5)9-17(10-16)23(27)28/h6-10,14H,1-5H3,(H,22,24)/t14-/m0/s1. The molecule has 1 amide bonds. The van der Waals surface area contributed by atoms with Gasteiger partial charge in [0.25, 0.3) is 11.6 Å². The number of benzene rings is 2. The predicted molar refractivity (Wildman–Crippen MR) is 109 cm³/mol. The molecule has 0 heterocycles. The van der Waals surface area contributed by atoms with Crippen LogP contribution in [0.5, 0.6) is 0 Å². The van der Waals surface area contributed by atoms with Crippen molar-refractivity contribution in [3.63, 3.8) is 0 Å². The van der Waals surface area contributed by atoms with E-state index in [-0.39, 0.29) is 11.1 Å². The maximum Gasteiger partial charge on any atom is 0.339 e. The SMILES string of the molecule is COC(=O)c1cc(C(=O)O[C@@H](C)C(=O)Nc2c(C)cc(C)cc2C)cc([N+](=O)[O-])c1. The van der Waals surface area contributed by atoms with Crippen molar-refractivity contribution >= 4 is 29.2 Å². The summed E-state index contributed by atoms with van der Waals surface area (Å²) in [4.78, 5) is 47.0. The summed E-state index contributed by atoms with van der Waals surface area (Å²) in [5.74, 6) is -2.38. The molecule has 0 spiro atoms. The van der Waals surface area contributed by atoms with Gasteiger partial charge >= 0.3 is 11.9 Å². The Morgan fingerprint density at radius 1 is 0.967 bits per heavy atom. The smallest absolute Gasteiger partial charge is 0.339 e. The van der Waals surface area contributed by atoms with E-state index in [1.54, 1.807) is 0 Å². The Morgan fingerprint density at radius 3 is 2.00 bits per heavy atom. The van der Waals surface area contributed by atoms with Gasteiger partial charge in [-0.2, -0.15) is 0 Å². The van der Waals surface area contributed by atoms with E-state index in [1.807, 2.05) is 32.9 Å². The number of anilines is 1. The molecule has 0 unspecified atom stereocenters. The molecule has 0 fully saturated rings. The molecule has 2 aromatic carbocycles. The van der Waals surface area contributed by atoms with Gasteiger partial charge in [0.2, 0.25) is 0 Å². The van der Waals surface area contributed by atoms with Crippen LogP contribution in [0.25, 0.3) is 0 Å². The van der Waals surface area contributed by atoms with Crippen molar-refractivity contribution in [2.24, 2.45) is 0 Å². The van der Waals surface area contributed by atoms with Crippen LogP contribution in [-0.4, -0.2) is 36.0 Å². The summed E-state index contributed by atoms with van der Waals surface area (Å²) in [5.41, 5.74) is 2.49. The van der Waals surface area contributed by atoms with E-state index in [0.29, 0.717) is 5.69 Å². The van der Waals surface area contributed by atoms with Gasteiger partial charge in [0, 0.05) is 17.8 Å². The summed E-state index contributed by atoms with van der Waals surface area (Å²) in [6.45, 7) is 7.02. The van der Waals surface area contributed by atoms with E-state index in [1.165, 1.54) is 6.92 Å². The zero-order valence-electron chi connectivity index (χ0n) is 17.3. The average molecular weight is 414 g/mol. The monoisotopic (exact) mass is 414 g/mol. The molecule has 0 aromatic heterocycles. The highest BCUT2D eigenvalue weighted by Crippen LogP contribution is 2.23. The molecule has 0 aliphatic rings. The average Bonchev–Trinajstić information content (AvgIpc) is 2.69. The van der Waals surface area contributed by atoms with E-state index in [0.717, 1.165) is 42.0 Å². The van der Waals surface area contributed by atoms with Crippen LogP contribution >= 0.6 is 0 Å². The van der Waals surface area contributed by atoms with Gasteiger partial charge in [-0.3, -0.25) is 14.9 Å². The topological polar surface area (TPSA) is 125 Å². The highest BCUT2D eigenvalue weighted by Gasteiger charge is 2.23. The number of carbonyl (C=O) groups is 3. The first-order chi connectivity index (χ1) is 14.0. The van der Waals surface area contributed by atoms with Crippen molar-refractivity contribution in [1.29, 1.82) is 0 Å². The maximum absolute atomic E-state index is 12.5. The van der Waals surface area contributed by atoms with Crippen LogP contribution in [0.2, 0.25) is 0 Å². The second-order valence-electron chi connectivity index (χ2n) is 6.83. The lowest BCUT2D eigenvalue weighted by Crippen LogP contribution is -2.30. The second-order valence-corrected chi connectivity index (χ2v) is 6.83. The number of rotatable bonds is 6. The molecule has 0 saturated heterocycles. The number of non-ortho nitro benzene ring substituents is 1. The summed E-state index contributed by atoms with van der Waals surface area (Å²) < 4.78 is 9.70. The number of nitro groups is 1. The minimum Gasteiger partial charge on any atom is -0.465 e. The van der Waals surface area contributed by atoms with Gasteiger partial charge < -0.3 is 14.8 Å². The van der Waals surface area contributed by atoms with Crippen LogP contribution in [0.4, 0.5) is 11.4 Å². The Hall–Kier alpha value is -3.75. The summed E-state index contributed by atoms with van der Waals surface area (Å²) in [7, 11) is 1.11. The summed E-state index contributed by atoms with van der Waals surface area (Å²) in [6, 6.07) is 6.89. The van der Waals surface area contributed by atoms with Crippen molar-refractivity contribution < 1.29 is 28.8 Å².